The Bertz CT molecular complexity index is 608. The van der Waals surface area contributed by atoms with Crippen molar-refractivity contribution in [3.05, 3.63) is 71.1 Å². The van der Waals surface area contributed by atoms with Gasteiger partial charge in [-0.2, -0.15) is 13.2 Å². The molecule has 0 atom stereocenters. The zero-order chi connectivity index (χ0) is 14.8. The molecule has 0 aliphatic heterocycles. The van der Waals surface area contributed by atoms with Gasteiger partial charge in [0.15, 0.2) is 0 Å². The van der Waals surface area contributed by atoms with Gasteiger partial charge < -0.3 is 4.74 Å². The van der Waals surface area contributed by atoms with Crippen molar-refractivity contribution >= 4 is 11.6 Å². The van der Waals surface area contributed by atoms with Gasteiger partial charge in [0, 0.05) is 0 Å². The van der Waals surface area contributed by atoms with Crippen LogP contribution in [0.3, 0.4) is 0 Å². The molecule has 0 amide bonds. The molecule has 0 saturated heterocycles. The Hall–Kier alpha value is -1.68. The van der Waals surface area contributed by atoms with E-state index in [9.17, 15) is 13.2 Å². The first-order valence-corrected chi connectivity index (χ1v) is 6.14. The Morgan fingerprint density at radius 3 is 2.45 bits per heavy atom. The molecule has 0 aromatic heterocycles. The third-order valence-electron chi connectivity index (χ3n) is 2.64. The first-order chi connectivity index (χ1) is 9.36. The molecule has 2 aromatic rings. The second kappa shape index (κ2) is 5.75. The minimum atomic E-state index is -4.41. The van der Waals surface area contributed by atoms with Crippen molar-refractivity contribution in [3.8, 4) is 5.75 Å². The van der Waals surface area contributed by atoms with Gasteiger partial charge in [-0.3, -0.25) is 0 Å². The standard InChI is InChI=1S/C15H11ClF3O/c1-10-3-2-4-11(7-10)9-20-14-6-5-12(8-13(14)16)15(17,18)19/h2-8H,1,9H2. The van der Waals surface area contributed by atoms with E-state index in [1.54, 1.807) is 0 Å². The Labute approximate surface area is 119 Å². The highest BCUT2D eigenvalue weighted by Gasteiger charge is 2.31. The fraction of sp³-hybridized carbons (Fsp3) is 0.133. The molecule has 1 nitrogen and oxygen atoms in total. The number of alkyl halides is 3. The van der Waals surface area contributed by atoms with Crippen LogP contribution in [0.4, 0.5) is 13.2 Å². The summed E-state index contributed by atoms with van der Waals surface area (Å²) in [5, 5.41) is -0.0643. The van der Waals surface area contributed by atoms with Gasteiger partial charge in [-0.25, -0.2) is 0 Å². The molecule has 0 unspecified atom stereocenters. The summed E-state index contributed by atoms with van der Waals surface area (Å²) < 4.78 is 42.9. The Balaban J connectivity index is 2.11. The molecule has 0 bridgehead atoms. The van der Waals surface area contributed by atoms with E-state index in [1.165, 1.54) is 6.07 Å². The number of hydrogen-bond donors (Lipinski definition) is 0. The first kappa shape index (κ1) is 14.7. The van der Waals surface area contributed by atoms with Gasteiger partial charge in [0.05, 0.1) is 10.6 Å². The molecule has 0 aliphatic rings. The topological polar surface area (TPSA) is 9.23 Å². The van der Waals surface area contributed by atoms with E-state index >= 15 is 0 Å². The predicted octanol–water partition coefficient (Wildman–Crippen LogP) is 5.12. The number of halogens is 4. The number of rotatable bonds is 3. The van der Waals surface area contributed by atoms with Crippen molar-refractivity contribution in [2.45, 2.75) is 12.8 Å². The van der Waals surface area contributed by atoms with Crippen molar-refractivity contribution in [1.29, 1.82) is 0 Å². The van der Waals surface area contributed by atoms with Crippen molar-refractivity contribution in [2.24, 2.45) is 0 Å². The van der Waals surface area contributed by atoms with Gasteiger partial charge in [-0.1, -0.05) is 35.9 Å². The van der Waals surface area contributed by atoms with Gasteiger partial charge >= 0.3 is 6.18 Å². The molecule has 0 N–H and O–H groups in total. The zero-order valence-corrected chi connectivity index (χ0v) is 11.1. The fourth-order valence-electron chi connectivity index (χ4n) is 1.67. The Kier molecular flexibility index (Phi) is 4.23. The van der Waals surface area contributed by atoms with Crippen molar-refractivity contribution in [2.75, 3.05) is 0 Å². The van der Waals surface area contributed by atoms with E-state index in [0.29, 0.717) is 0 Å². The molecule has 20 heavy (non-hydrogen) atoms. The van der Waals surface area contributed by atoms with Gasteiger partial charge in [-0.05, 0) is 36.2 Å². The van der Waals surface area contributed by atoms with Crippen molar-refractivity contribution in [3.63, 3.8) is 0 Å². The SMILES string of the molecule is [CH2]c1cccc(COc2ccc(C(F)(F)F)cc2Cl)c1. The third kappa shape index (κ3) is 3.67. The molecule has 0 heterocycles. The maximum Gasteiger partial charge on any atom is 0.416 e. The highest BCUT2D eigenvalue weighted by Crippen LogP contribution is 2.34. The van der Waals surface area contributed by atoms with Crippen molar-refractivity contribution < 1.29 is 17.9 Å². The maximum absolute atomic E-state index is 12.5. The van der Waals surface area contributed by atoms with Crippen LogP contribution >= 0.6 is 11.6 Å². The Morgan fingerprint density at radius 2 is 1.85 bits per heavy atom. The molecular weight excluding hydrogens is 289 g/mol. The molecule has 0 fully saturated rings. The van der Waals surface area contributed by atoms with Crippen LogP contribution in [0, 0.1) is 6.92 Å². The van der Waals surface area contributed by atoms with E-state index in [2.05, 4.69) is 6.92 Å². The van der Waals surface area contributed by atoms with Crippen LogP contribution in [0.1, 0.15) is 16.7 Å². The van der Waals surface area contributed by atoms with E-state index in [4.69, 9.17) is 16.3 Å². The summed E-state index contributed by atoms with van der Waals surface area (Å²) in [6.45, 7) is 4.00. The smallest absolute Gasteiger partial charge is 0.416 e. The summed E-state index contributed by atoms with van der Waals surface area (Å²) >= 11 is 5.80. The Morgan fingerprint density at radius 1 is 1.10 bits per heavy atom. The van der Waals surface area contributed by atoms with E-state index in [0.717, 1.165) is 23.3 Å². The lowest BCUT2D eigenvalue weighted by molar-refractivity contribution is -0.137. The summed E-state index contributed by atoms with van der Waals surface area (Å²) in [5.41, 5.74) is 0.910. The average molecular weight is 300 g/mol. The lowest BCUT2D eigenvalue weighted by Gasteiger charge is -2.11. The summed E-state index contributed by atoms with van der Waals surface area (Å²) in [6, 6.07) is 10.4. The van der Waals surface area contributed by atoms with Gasteiger partial charge in [0.2, 0.25) is 0 Å². The van der Waals surface area contributed by atoms with E-state index < -0.39 is 11.7 Å². The van der Waals surface area contributed by atoms with Crippen LogP contribution in [0.25, 0.3) is 0 Å². The van der Waals surface area contributed by atoms with Crippen LogP contribution in [0.5, 0.6) is 5.75 Å². The number of hydrogen-bond acceptors (Lipinski definition) is 1. The lowest BCUT2D eigenvalue weighted by atomic mass is 10.1. The normalized spacial score (nSPS) is 11.4. The van der Waals surface area contributed by atoms with Crippen LogP contribution in [-0.4, -0.2) is 0 Å². The van der Waals surface area contributed by atoms with Gasteiger partial charge in [-0.15, -0.1) is 0 Å². The predicted molar refractivity (Wildman–Crippen MR) is 71.7 cm³/mol. The summed E-state index contributed by atoms with van der Waals surface area (Å²) in [5.74, 6) is 0.217. The monoisotopic (exact) mass is 299 g/mol. The fourth-order valence-corrected chi connectivity index (χ4v) is 1.91. The van der Waals surface area contributed by atoms with E-state index in [1.807, 2.05) is 24.3 Å². The molecule has 5 heteroatoms. The minimum Gasteiger partial charge on any atom is -0.487 e. The number of ether oxygens (including phenoxy) is 1. The van der Waals surface area contributed by atoms with Crippen LogP contribution in [0.2, 0.25) is 5.02 Å². The van der Waals surface area contributed by atoms with E-state index in [-0.39, 0.29) is 17.4 Å². The minimum absolute atomic E-state index is 0.0643. The van der Waals surface area contributed by atoms with Gasteiger partial charge in [0.1, 0.15) is 12.4 Å². The van der Waals surface area contributed by atoms with Crippen LogP contribution < -0.4 is 4.74 Å². The molecule has 1 radical (unpaired) electrons. The molecule has 0 saturated carbocycles. The van der Waals surface area contributed by atoms with Crippen molar-refractivity contribution in [1.82, 2.24) is 0 Å². The van der Waals surface area contributed by atoms with Crippen LogP contribution in [-0.2, 0) is 12.8 Å². The quantitative estimate of drug-likeness (QED) is 0.764. The largest absolute Gasteiger partial charge is 0.487 e. The third-order valence-corrected chi connectivity index (χ3v) is 2.94. The summed E-state index contributed by atoms with van der Waals surface area (Å²) in [7, 11) is 0. The summed E-state index contributed by atoms with van der Waals surface area (Å²) in [4.78, 5) is 0. The molecule has 2 rings (SSSR count). The lowest BCUT2D eigenvalue weighted by Crippen LogP contribution is -2.05. The molecule has 2 aromatic carbocycles. The van der Waals surface area contributed by atoms with Crippen LogP contribution in [0.15, 0.2) is 42.5 Å². The highest BCUT2D eigenvalue weighted by molar-refractivity contribution is 6.32. The summed E-state index contributed by atoms with van der Waals surface area (Å²) in [6.07, 6.45) is -4.41. The maximum atomic E-state index is 12.5. The number of benzene rings is 2. The van der Waals surface area contributed by atoms with Gasteiger partial charge in [0.25, 0.3) is 0 Å². The molecule has 105 valence electrons. The second-order valence-electron chi connectivity index (χ2n) is 4.25. The zero-order valence-electron chi connectivity index (χ0n) is 10.4. The molecule has 0 aliphatic carbocycles. The molecule has 0 spiro atoms. The highest BCUT2D eigenvalue weighted by atomic mass is 35.5. The second-order valence-corrected chi connectivity index (χ2v) is 4.66. The molecular formula is C15H11ClF3O. The average Bonchev–Trinajstić information content (AvgIpc) is 2.36. The first-order valence-electron chi connectivity index (χ1n) is 5.77.